The molecule has 1 amide bonds. The fourth-order valence-electron chi connectivity index (χ4n) is 2.43. The molecule has 0 aliphatic carbocycles. The van der Waals surface area contributed by atoms with E-state index in [1.807, 2.05) is 48.6 Å². The largest absolute Gasteiger partial charge is 0.345 e. The Hall–Kier alpha value is -2.27. The minimum absolute atomic E-state index is 0.194. The number of nitrogens with zero attached hydrogens (tertiary/aromatic N) is 4. The molecule has 0 N–H and O–H groups in total. The molecule has 2 heterocycles. The van der Waals surface area contributed by atoms with E-state index < -0.39 is 0 Å². The Bertz CT molecular complexity index is 603. The molecule has 0 aliphatic heterocycles. The van der Waals surface area contributed by atoms with E-state index in [9.17, 15) is 4.79 Å². The maximum atomic E-state index is 12.2. The average molecular weight is 326 g/mol. The van der Waals surface area contributed by atoms with E-state index in [-0.39, 0.29) is 5.91 Å². The zero-order valence-corrected chi connectivity index (χ0v) is 14.6. The summed E-state index contributed by atoms with van der Waals surface area (Å²) in [6, 6.07) is 8.05. The van der Waals surface area contributed by atoms with E-state index in [2.05, 4.69) is 21.9 Å². The van der Waals surface area contributed by atoms with Crippen molar-refractivity contribution >= 4 is 5.91 Å². The van der Waals surface area contributed by atoms with Crippen molar-refractivity contribution in [3.63, 3.8) is 0 Å². The molecule has 0 saturated heterocycles. The molecule has 2 aromatic heterocycles. The Balaban J connectivity index is 1.64. The van der Waals surface area contributed by atoms with Crippen molar-refractivity contribution in [2.45, 2.75) is 19.3 Å². The number of likely N-dealkylation sites (N-methyl/N-ethyl adjacent to an activating group) is 2. The summed E-state index contributed by atoms with van der Waals surface area (Å²) >= 11 is 0. The molecule has 5 nitrogen and oxygen atoms in total. The van der Waals surface area contributed by atoms with E-state index in [0.29, 0.717) is 6.42 Å². The van der Waals surface area contributed by atoms with Gasteiger partial charge in [0, 0.05) is 57.9 Å². The van der Waals surface area contributed by atoms with Crippen LogP contribution >= 0.6 is 0 Å². The van der Waals surface area contributed by atoms with Gasteiger partial charge in [0.1, 0.15) is 0 Å². The van der Waals surface area contributed by atoms with Crippen molar-refractivity contribution in [3.8, 4) is 0 Å². The van der Waals surface area contributed by atoms with Crippen molar-refractivity contribution in [3.05, 3.63) is 60.2 Å². The van der Waals surface area contributed by atoms with Crippen molar-refractivity contribution in [1.82, 2.24) is 19.8 Å². The number of rotatable bonds is 9. The number of pyridine rings is 2. The normalized spacial score (nSPS) is 10.8. The number of carbonyl (C=O) groups is 1. The second-order valence-electron chi connectivity index (χ2n) is 6.08. The molecule has 2 aromatic rings. The maximum absolute atomic E-state index is 12.2. The molecule has 0 fully saturated rings. The first-order chi connectivity index (χ1) is 11.6. The minimum Gasteiger partial charge on any atom is -0.345 e. The topological polar surface area (TPSA) is 49.3 Å². The molecular formula is C19H26N4O. The number of hydrogen-bond acceptors (Lipinski definition) is 4. The monoisotopic (exact) mass is 326 g/mol. The van der Waals surface area contributed by atoms with Crippen LogP contribution in [0.15, 0.2) is 49.1 Å². The fourth-order valence-corrected chi connectivity index (χ4v) is 2.43. The number of carbonyl (C=O) groups excluding carboxylic acids is 1. The molecule has 5 heteroatoms. The van der Waals surface area contributed by atoms with Gasteiger partial charge in [-0.1, -0.05) is 0 Å². The van der Waals surface area contributed by atoms with Gasteiger partial charge in [-0.2, -0.15) is 0 Å². The maximum Gasteiger partial charge on any atom is 0.223 e. The van der Waals surface area contributed by atoms with Crippen molar-refractivity contribution in [1.29, 1.82) is 0 Å². The first-order valence-electron chi connectivity index (χ1n) is 8.35. The van der Waals surface area contributed by atoms with Crippen LogP contribution < -0.4 is 0 Å². The second-order valence-corrected chi connectivity index (χ2v) is 6.08. The van der Waals surface area contributed by atoms with Gasteiger partial charge in [-0.3, -0.25) is 14.8 Å². The van der Waals surface area contributed by atoms with E-state index in [0.717, 1.165) is 32.5 Å². The molecule has 0 spiro atoms. The van der Waals surface area contributed by atoms with Gasteiger partial charge in [0.2, 0.25) is 5.91 Å². The summed E-state index contributed by atoms with van der Waals surface area (Å²) in [6.07, 6.45) is 9.60. The van der Waals surface area contributed by atoms with Crippen LogP contribution in [0, 0.1) is 0 Å². The van der Waals surface area contributed by atoms with Crippen LogP contribution in [0.5, 0.6) is 0 Å². The van der Waals surface area contributed by atoms with Crippen molar-refractivity contribution in [2.75, 3.05) is 33.7 Å². The van der Waals surface area contributed by atoms with Crippen LogP contribution in [-0.2, 0) is 17.6 Å². The SMILES string of the molecule is CN(CCC(=O)N(C)CCc1ccncc1)CCc1ccncc1. The zero-order valence-electron chi connectivity index (χ0n) is 14.6. The number of amides is 1. The Kier molecular flexibility index (Phi) is 7.36. The highest BCUT2D eigenvalue weighted by molar-refractivity contribution is 5.76. The first kappa shape index (κ1) is 18.1. The van der Waals surface area contributed by atoms with Crippen LogP contribution in [0.2, 0.25) is 0 Å². The van der Waals surface area contributed by atoms with Crippen LogP contribution in [0.25, 0.3) is 0 Å². The lowest BCUT2D eigenvalue weighted by Gasteiger charge is -2.20. The fraction of sp³-hybridized carbons (Fsp3) is 0.421. The molecule has 0 radical (unpaired) electrons. The molecule has 128 valence electrons. The molecule has 0 atom stereocenters. The predicted octanol–water partition coefficient (Wildman–Crippen LogP) is 2.04. The Morgan fingerprint density at radius 3 is 1.88 bits per heavy atom. The van der Waals surface area contributed by atoms with Gasteiger partial charge in [0.25, 0.3) is 0 Å². The molecule has 0 saturated carbocycles. The molecule has 0 bridgehead atoms. The molecule has 24 heavy (non-hydrogen) atoms. The Morgan fingerprint density at radius 1 is 0.833 bits per heavy atom. The van der Waals surface area contributed by atoms with E-state index in [1.54, 1.807) is 12.4 Å². The van der Waals surface area contributed by atoms with E-state index >= 15 is 0 Å². The third-order valence-electron chi connectivity index (χ3n) is 4.15. The molecular weight excluding hydrogens is 300 g/mol. The lowest BCUT2D eigenvalue weighted by molar-refractivity contribution is -0.130. The Morgan fingerprint density at radius 2 is 1.33 bits per heavy atom. The summed E-state index contributed by atoms with van der Waals surface area (Å²) in [5.74, 6) is 0.194. The lowest BCUT2D eigenvalue weighted by Crippen LogP contribution is -2.32. The molecule has 0 aromatic carbocycles. The molecule has 0 unspecified atom stereocenters. The molecule has 2 rings (SSSR count). The highest BCUT2D eigenvalue weighted by Crippen LogP contribution is 2.02. The van der Waals surface area contributed by atoms with Gasteiger partial charge in [-0.25, -0.2) is 0 Å². The van der Waals surface area contributed by atoms with E-state index in [1.165, 1.54) is 11.1 Å². The summed E-state index contributed by atoms with van der Waals surface area (Å²) in [5.41, 5.74) is 2.48. The third-order valence-corrected chi connectivity index (χ3v) is 4.15. The summed E-state index contributed by atoms with van der Waals surface area (Å²) in [4.78, 5) is 24.3. The van der Waals surface area contributed by atoms with Crippen LogP contribution in [0.4, 0.5) is 0 Å². The average Bonchev–Trinajstić information content (AvgIpc) is 2.64. The van der Waals surface area contributed by atoms with Crippen molar-refractivity contribution < 1.29 is 4.79 Å². The highest BCUT2D eigenvalue weighted by atomic mass is 16.2. The summed E-state index contributed by atoms with van der Waals surface area (Å²) in [5, 5.41) is 0. The van der Waals surface area contributed by atoms with Gasteiger partial charge >= 0.3 is 0 Å². The van der Waals surface area contributed by atoms with Crippen LogP contribution in [-0.4, -0.2) is 59.4 Å². The smallest absolute Gasteiger partial charge is 0.223 e. The predicted molar refractivity (Wildman–Crippen MR) is 95.6 cm³/mol. The summed E-state index contributed by atoms with van der Waals surface area (Å²) < 4.78 is 0. The third kappa shape index (κ3) is 6.46. The minimum atomic E-state index is 0.194. The molecule has 0 aliphatic rings. The lowest BCUT2D eigenvalue weighted by atomic mass is 10.2. The number of aromatic nitrogens is 2. The number of hydrogen-bond donors (Lipinski definition) is 0. The standard InChI is InChI=1S/C19H26N4O/c1-22(14-7-17-3-10-20-11-4-17)15-9-19(24)23(2)16-8-18-5-12-21-13-6-18/h3-6,10-13H,7-9,14-16H2,1-2H3. The Labute approximate surface area is 144 Å². The second kappa shape index (κ2) is 9.78. The van der Waals surface area contributed by atoms with Crippen molar-refractivity contribution in [2.24, 2.45) is 0 Å². The van der Waals surface area contributed by atoms with Gasteiger partial charge in [-0.05, 0) is 55.3 Å². The summed E-state index contributed by atoms with van der Waals surface area (Å²) in [6.45, 7) is 2.46. The van der Waals surface area contributed by atoms with Gasteiger partial charge in [0.15, 0.2) is 0 Å². The van der Waals surface area contributed by atoms with Crippen LogP contribution in [0.1, 0.15) is 17.5 Å². The zero-order chi connectivity index (χ0) is 17.2. The van der Waals surface area contributed by atoms with E-state index in [4.69, 9.17) is 0 Å². The first-order valence-corrected chi connectivity index (χ1v) is 8.35. The highest BCUT2D eigenvalue weighted by Gasteiger charge is 2.10. The summed E-state index contributed by atoms with van der Waals surface area (Å²) in [7, 11) is 3.94. The van der Waals surface area contributed by atoms with Gasteiger partial charge in [0.05, 0.1) is 0 Å². The quantitative estimate of drug-likeness (QED) is 0.707. The van der Waals surface area contributed by atoms with Gasteiger partial charge in [-0.15, -0.1) is 0 Å². The van der Waals surface area contributed by atoms with Gasteiger partial charge < -0.3 is 9.80 Å². The van der Waals surface area contributed by atoms with Crippen LogP contribution in [0.3, 0.4) is 0 Å².